The number of hydrogen-bond acceptors (Lipinski definition) is 12. The van der Waals surface area contributed by atoms with Gasteiger partial charge in [-0.05, 0) is 96.8 Å². The summed E-state index contributed by atoms with van der Waals surface area (Å²) in [5.74, 6) is -2.06. The molecule has 1 fully saturated rings. The molecule has 1 saturated heterocycles. The van der Waals surface area contributed by atoms with Crippen LogP contribution in [0.4, 0.5) is 72.8 Å². The molecule has 4 atom stereocenters. The molecule has 26 heteroatoms. The number of aliphatic hydroxyl groups is 2. The van der Waals surface area contributed by atoms with Crippen LogP contribution in [0.2, 0.25) is 0 Å². The van der Waals surface area contributed by atoms with E-state index >= 15 is 0 Å². The van der Waals surface area contributed by atoms with Crippen molar-refractivity contribution in [2.45, 2.75) is 81.7 Å². The highest BCUT2D eigenvalue weighted by atomic mass is 19.4. The Morgan fingerprint density at radius 2 is 0.951 bits per heavy atom. The summed E-state index contributed by atoms with van der Waals surface area (Å²) in [6.07, 6.45) is -28.9. The van der Waals surface area contributed by atoms with E-state index < -0.39 is 97.5 Å². The molecule has 436 valence electrons. The van der Waals surface area contributed by atoms with Crippen molar-refractivity contribution in [1.29, 1.82) is 0 Å². The summed E-state index contributed by atoms with van der Waals surface area (Å²) in [5, 5.41) is 19.7. The Morgan fingerprint density at radius 3 is 1.36 bits per heavy atom. The Kier molecular flexibility index (Phi) is 17.7. The fraction of sp³-hybridized carbons (Fsp3) is 0.345. The third kappa shape index (κ3) is 14.9. The first-order valence-electron chi connectivity index (χ1n) is 24.4. The minimum Gasteiger partial charge on any atom is -0.488 e. The van der Waals surface area contributed by atoms with Crippen LogP contribution in [0.1, 0.15) is 37.1 Å². The Hall–Kier alpha value is -7.42. The predicted molar refractivity (Wildman–Crippen MR) is 262 cm³/mol. The molecule has 0 amide bonds. The van der Waals surface area contributed by atoms with Gasteiger partial charge in [0, 0.05) is 24.2 Å². The van der Waals surface area contributed by atoms with Crippen molar-refractivity contribution in [3.63, 3.8) is 0 Å². The molecule has 0 bridgehead atoms. The summed E-state index contributed by atoms with van der Waals surface area (Å²) in [4.78, 5) is 3.52. The molecule has 3 aliphatic rings. The maximum atomic E-state index is 13.6. The lowest BCUT2D eigenvalue weighted by molar-refractivity contribution is -0.275. The molecule has 0 spiro atoms. The maximum absolute atomic E-state index is 13.6. The number of aliphatic hydroxyl groups excluding tert-OH is 2. The zero-order valence-corrected chi connectivity index (χ0v) is 42.3. The number of anilines is 2. The lowest BCUT2D eigenvalue weighted by Crippen LogP contribution is -2.42. The minimum absolute atomic E-state index is 0.0194. The number of fused-ring (bicyclic) bond motifs is 2. The highest BCUT2D eigenvalue weighted by Gasteiger charge is 2.46. The third-order valence-corrected chi connectivity index (χ3v) is 12.5. The van der Waals surface area contributed by atoms with Gasteiger partial charge in [0.25, 0.3) is 0 Å². The van der Waals surface area contributed by atoms with Crippen molar-refractivity contribution < 1.29 is 110 Å². The molecule has 3 heterocycles. The smallest absolute Gasteiger partial charge is 0.488 e. The van der Waals surface area contributed by atoms with Crippen LogP contribution in [0.3, 0.4) is 0 Å². The van der Waals surface area contributed by atoms with E-state index in [-0.39, 0.29) is 38.7 Å². The average Bonchev–Trinajstić information content (AvgIpc) is 3.63. The quantitative estimate of drug-likeness (QED) is 0.0846. The molecule has 0 radical (unpaired) electrons. The van der Waals surface area contributed by atoms with Crippen LogP contribution in [0.5, 0.6) is 34.5 Å². The van der Waals surface area contributed by atoms with E-state index in [1.165, 1.54) is 54.6 Å². The first-order chi connectivity index (χ1) is 38.1. The van der Waals surface area contributed by atoms with Crippen LogP contribution in [-0.4, -0.2) is 106 Å². The molecular weight excluding hydrogens is 1110 g/mol. The summed E-state index contributed by atoms with van der Waals surface area (Å²) in [6, 6.07) is 29.7. The molecule has 2 N–H and O–H groups in total. The van der Waals surface area contributed by atoms with Crippen LogP contribution < -0.4 is 38.2 Å². The lowest BCUT2D eigenvalue weighted by atomic mass is 9.98. The third-order valence-electron chi connectivity index (χ3n) is 12.5. The Bertz CT molecular complexity index is 3110. The van der Waals surface area contributed by atoms with Gasteiger partial charge < -0.3 is 57.9 Å². The van der Waals surface area contributed by atoms with Crippen molar-refractivity contribution >= 4 is 11.4 Å². The van der Waals surface area contributed by atoms with E-state index in [1.807, 2.05) is 4.90 Å². The Labute approximate surface area is 452 Å². The highest BCUT2D eigenvalue weighted by Crippen LogP contribution is 2.49. The Morgan fingerprint density at radius 1 is 0.543 bits per heavy atom. The second kappa shape index (κ2) is 24.0. The first-order valence-corrected chi connectivity index (χ1v) is 24.4. The normalized spacial score (nSPS) is 18.4. The molecule has 0 unspecified atom stereocenters. The van der Waals surface area contributed by atoms with E-state index in [1.54, 1.807) is 73.3 Å². The van der Waals surface area contributed by atoms with Gasteiger partial charge in [0.2, 0.25) is 0 Å². The summed E-state index contributed by atoms with van der Waals surface area (Å²) in [7, 11) is 0. The topological polar surface area (TPSA) is 121 Å². The number of benzene rings is 6. The van der Waals surface area contributed by atoms with E-state index in [2.05, 4.69) is 18.9 Å². The summed E-state index contributed by atoms with van der Waals surface area (Å²) < 4.78 is 222. The molecular formula is C55H48F14N2O10. The van der Waals surface area contributed by atoms with Gasteiger partial charge in [-0.2, -0.15) is 35.1 Å². The number of alkyl halides is 14. The van der Waals surface area contributed by atoms with Gasteiger partial charge >= 0.3 is 37.8 Å². The Balaban J connectivity index is 0.000000213. The molecule has 3 aliphatic heterocycles. The van der Waals surface area contributed by atoms with Crippen molar-refractivity contribution in [3.05, 3.63) is 145 Å². The second-order valence-electron chi connectivity index (χ2n) is 18.8. The second-order valence-corrected chi connectivity index (χ2v) is 18.8. The number of para-hydroxylation sites is 2. The van der Waals surface area contributed by atoms with Gasteiger partial charge in [0.1, 0.15) is 42.3 Å². The maximum Gasteiger partial charge on any atom is 0.573 e. The molecule has 0 aliphatic carbocycles. The van der Waals surface area contributed by atoms with Gasteiger partial charge in [0.05, 0.1) is 42.8 Å². The van der Waals surface area contributed by atoms with Gasteiger partial charge in [-0.1, -0.05) is 72.8 Å². The summed E-state index contributed by atoms with van der Waals surface area (Å²) >= 11 is 0. The van der Waals surface area contributed by atoms with E-state index in [9.17, 15) is 71.7 Å². The number of ether oxygens (including phenoxy) is 8. The predicted octanol–water partition coefficient (Wildman–Crippen LogP) is 13.4. The zero-order valence-electron chi connectivity index (χ0n) is 42.3. The average molecular weight is 1160 g/mol. The number of rotatable bonds is 17. The van der Waals surface area contributed by atoms with Crippen molar-refractivity contribution in [3.8, 4) is 56.8 Å². The van der Waals surface area contributed by atoms with Gasteiger partial charge in [-0.3, -0.25) is 0 Å². The standard InChI is InChI=1S/C29H26F7NO5.C26H22F7NO5/c1-27(2)39-15-21(40-27)14-37-23-11-5-10-22(17-6-3-9-20(12-17)42-29(34,35)36)25(23)38-16-24(37)18-7-4-8-19(13-18)41-28(32,33)26(30)31;27-24(28)25(29,30)38-18-6-2-5-16(11-18)22-14-37-23-20(8-3-9-21(23)34(22)12-17(36)13-35)15-4-1-7-19(10-15)39-26(31,32)33/h3-13,21,24,26H,14-16H2,1-2H3;1-11,17,22,24,35-36H,12-14H2/t21-,24-;17-,22-/m00/s1. The number of hydrogen-bond donors (Lipinski definition) is 2. The van der Waals surface area contributed by atoms with Gasteiger partial charge in [-0.25, -0.2) is 0 Å². The van der Waals surface area contributed by atoms with Gasteiger partial charge in [-0.15, -0.1) is 26.3 Å². The van der Waals surface area contributed by atoms with Crippen LogP contribution >= 0.6 is 0 Å². The van der Waals surface area contributed by atoms with E-state index in [4.69, 9.17) is 18.9 Å². The zero-order chi connectivity index (χ0) is 58.7. The van der Waals surface area contributed by atoms with Crippen molar-refractivity contribution in [2.24, 2.45) is 0 Å². The number of halogens is 14. The van der Waals surface area contributed by atoms with Crippen LogP contribution in [0.15, 0.2) is 133 Å². The molecule has 6 aromatic carbocycles. The van der Waals surface area contributed by atoms with Crippen LogP contribution in [0, 0.1) is 0 Å². The molecule has 6 aromatic rings. The van der Waals surface area contributed by atoms with Crippen LogP contribution in [0.25, 0.3) is 22.3 Å². The van der Waals surface area contributed by atoms with E-state index in [0.717, 1.165) is 24.3 Å². The molecule has 0 aromatic heterocycles. The molecule has 81 heavy (non-hydrogen) atoms. The fourth-order valence-corrected chi connectivity index (χ4v) is 9.16. The molecule has 0 saturated carbocycles. The summed E-state index contributed by atoms with van der Waals surface area (Å²) in [5.41, 5.74) is 3.30. The number of β-amino-alcohol motifs (C(OH)–C–C–N with tert-alkyl or cyclic N) is 1. The largest absolute Gasteiger partial charge is 0.573 e. The monoisotopic (exact) mass is 1160 g/mol. The molecule has 12 nitrogen and oxygen atoms in total. The van der Waals surface area contributed by atoms with Gasteiger partial charge in [0.15, 0.2) is 17.3 Å². The number of nitrogens with zero attached hydrogens (tertiary/aromatic N) is 2. The minimum atomic E-state index is -4.90. The lowest BCUT2D eigenvalue weighted by Gasteiger charge is -2.40. The van der Waals surface area contributed by atoms with Crippen molar-refractivity contribution in [1.82, 2.24) is 0 Å². The first kappa shape index (κ1) is 59.7. The van der Waals surface area contributed by atoms with E-state index in [0.29, 0.717) is 50.5 Å². The molecule has 9 rings (SSSR count). The fourth-order valence-electron chi connectivity index (χ4n) is 9.16. The van der Waals surface area contributed by atoms with Crippen molar-refractivity contribution in [2.75, 3.05) is 49.3 Å². The van der Waals surface area contributed by atoms with Crippen LogP contribution in [-0.2, 0) is 9.47 Å². The SMILES string of the molecule is CC1(C)OC[C@H](CN2c3cccc(-c4cccc(OC(F)(F)F)c4)c3OC[C@H]2c2cccc(OC(F)(F)C(F)F)c2)O1.OC[C@@H](O)CN1c2cccc(-c3cccc(OC(F)(F)F)c3)c2OC[C@H]1c1cccc(OC(F)(F)C(F)F)c1. The highest BCUT2D eigenvalue weighted by molar-refractivity contribution is 5.82. The summed E-state index contributed by atoms with van der Waals surface area (Å²) in [6.45, 7) is 3.11.